The summed E-state index contributed by atoms with van der Waals surface area (Å²) < 4.78 is 0. The number of aromatic nitrogens is 2. The number of carboxylic acids is 1. The number of carbonyl (C=O) groups is 1. The molecule has 1 aromatic heterocycles. The zero-order valence-corrected chi connectivity index (χ0v) is 12.4. The van der Waals surface area contributed by atoms with Crippen LogP contribution in [0.1, 0.15) is 34.1 Å². The van der Waals surface area contributed by atoms with Crippen LogP contribution in [0.3, 0.4) is 0 Å². The molecule has 0 atom stereocenters. The first-order valence-corrected chi connectivity index (χ1v) is 7.30. The smallest absolute Gasteiger partial charge is 0.336 e. The molecule has 6 heteroatoms. The van der Waals surface area contributed by atoms with Gasteiger partial charge in [0.1, 0.15) is 0 Å². The van der Waals surface area contributed by atoms with Gasteiger partial charge in [0.15, 0.2) is 0 Å². The molecule has 114 valence electrons. The van der Waals surface area contributed by atoms with E-state index in [1.54, 1.807) is 18.3 Å². The third-order valence-corrected chi connectivity index (χ3v) is 4.03. The summed E-state index contributed by atoms with van der Waals surface area (Å²) in [4.78, 5) is 21.9. The quantitative estimate of drug-likeness (QED) is 0.899. The molecule has 1 aliphatic rings. The van der Waals surface area contributed by atoms with Crippen molar-refractivity contribution >= 4 is 17.6 Å². The standard InChI is InChI=1S/C16H18N4O2/c1-2-11-12(15(21)22)4-3-5-14(11)20-7-6-13-10(9-20)8-18-16(17)19-13/h3-5,8H,2,6-7,9H2,1H3,(H,21,22)(H2,17,18,19). The van der Waals surface area contributed by atoms with Crippen LogP contribution in [0, 0.1) is 0 Å². The summed E-state index contributed by atoms with van der Waals surface area (Å²) in [5, 5.41) is 9.36. The van der Waals surface area contributed by atoms with Gasteiger partial charge < -0.3 is 15.7 Å². The zero-order valence-electron chi connectivity index (χ0n) is 12.4. The van der Waals surface area contributed by atoms with E-state index in [0.29, 0.717) is 24.5 Å². The lowest BCUT2D eigenvalue weighted by molar-refractivity contribution is 0.0696. The van der Waals surface area contributed by atoms with Gasteiger partial charge in [-0.1, -0.05) is 13.0 Å². The van der Waals surface area contributed by atoms with E-state index in [2.05, 4.69) is 14.9 Å². The Hall–Kier alpha value is -2.63. The van der Waals surface area contributed by atoms with E-state index in [4.69, 9.17) is 5.73 Å². The molecule has 0 aliphatic carbocycles. The second kappa shape index (κ2) is 5.63. The minimum absolute atomic E-state index is 0.300. The number of nitrogens with zero attached hydrogens (tertiary/aromatic N) is 3. The van der Waals surface area contributed by atoms with Crippen LogP contribution >= 0.6 is 0 Å². The summed E-state index contributed by atoms with van der Waals surface area (Å²) in [6, 6.07) is 5.44. The molecular formula is C16H18N4O2. The number of nitrogens with two attached hydrogens (primary N) is 1. The topological polar surface area (TPSA) is 92.3 Å². The van der Waals surface area contributed by atoms with Gasteiger partial charge in [0.25, 0.3) is 0 Å². The van der Waals surface area contributed by atoms with Gasteiger partial charge in [-0.2, -0.15) is 0 Å². The summed E-state index contributed by atoms with van der Waals surface area (Å²) in [6.07, 6.45) is 3.22. The fourth-order valence-electron chi connectivity index (χ4n) is 2.98. The summed E-state index contributed by atoms with van der Waals surface area (Å²) in [5.41, 5.74) is 9.87. The van der Waals surface area contributed by atoms with Gasteiger partial charge in [0, 0.05) is 37.0 Å². The second-order valence-corrected chi connectivity index (χ2v) is 5.33. The molecule has 3 N–H and O–H groups in total. The molecule has 0 saturated heterocycles. The SMILES string of the molecule is CCc1c(C(=O)O)cccc1N1CCc2nc(N)ncc2C1. The van der Waals surface area contributed by atoms with E-state index in [1.165, 1.54) is 0 Å². The lowest BCUT2D eigenvalue weighted by Gasteiger charge is -2.31. The summed E-state index contributed by atoms with van der Waals surface area (Å²) in [7, 11) is 0. The summed E-state index contributed by atoms with van der Waals surface area (Å²) in [5.74, 6) is -0.582. The van der Waals surface area contributed by atoms with Gasteiger partial charge in [-0.3, -0.25) is 0 Å². The number of nitrogen functional groups attached to an aromatic ring is 1. The fraction of sp³-hybridized carbons (Fsp3) is 0.312. The molecule has 1 aromatic carbocycles. The number of anilines is 2. The van der Waals surface area contributed by atoms with Crippen molar-refractivity contribution in [1.29, 1.82) is 0 Å². The number of benzene rings is 1. The predicted molar refractivity (Wildman–Crippen MR) is 84.0 cm³/mol. The Bertz CT molecular complexity index is 730. The van der Waals surface area contributed by atoms with E-state index in [-0.39, 0.29) is 0 Å². The van der Waals surface area contributed by atoms with Crippen LogP contribution in [0.2, 0.25) is 0 Å². The number of rotatable bonds is 3. The van der Waals surface area contributed by atoms with Crippen LogP contribution in [-0.2, 0) is 19.4 Å². The molecule has 2 heterocycles. The van der Waals surface area contributed by atoms with Gasteiger partial charge in [-0.25, -0.2) is 14.8 Å². The van der Waals surface area contributed by atoms with Crippen LogP contribution in [-0.4, -0.2) is 27.6 Å². The maximum absolute atomic E-state index is 11.4. The van der Waals surface area contributed by atoms with Gasteiger partial charge in [-0.15, -0.1) is 0 Å². The lowest BCUT2D eigenvalue weighted by Crippen LogP contribution is -2.32. The molecule has 0 radical (unpaired) electrons. The maximum Gasteiger partial charge on any atom is 0.336 e. The molecule has 0 amide bonds. The Morgan fingerprint density at radius 1 is 1.45 bits per heavy atom. The van der Waals surface area contributed by atoms with Crippen molar-refractivity contribution in [2.24, 2.45) is 0 Å². The van der Waals surface area contributed by atoms with Crippen molar-refractivity contribution in [2.45, 2.75) is 26.3 Å². The highest BCUT2D eigenvalue weighted by Gasteiger charge is 2.22. The minimum Gasteiger partial charge on any atom is -0.478 e. The van der Waals surface area contributed by atoms with E-state index in [1.807, 2.05) is 13.0 Å². The Morgan fingerprint density at radius 3 is 3.00 bits per heavy atom. The van der Waals surface area contributed by atoms with Crippen molar-refractivity contribution in [3.63, 3.8) is 0 Å². The maximum atomic E-state index is 11.4. The summed E-state index contributed by atoms with van der Waals surface area (Å²) in [6.45, 7) is 3.44. The number of aromatic carboxylic acids is 1. The van der Waals surface area contributed by atoms with E-state index >= 15 is 0 Å². The van der Waals surface area contributed by atoms with Gasteiger partial charge in [0.2, 0.25) is 5.95 Å². The van der Waals surface area contributed by atoms with Crippen molar-refractivity contribution in [2.75, 3.05) is 17.2 Å². The molecule has 0 unspecified atom stereocenters. The van der Waals surface area contributed by atoms with Crippen LogP contribution in [0.25, 0.3) is 0 Å². The van der Waals surface area contributed by atoms with Crippen LogP contribution in [0.5, 0.6) is 0 Å². The van der Waals surface area contributed by atoms with Gasteiger partial charge in [0.05, 0.1) is 11.3 Å². The van der Waals surface area contributed by atoms with Crippen LogP contribution in [0.15, 0.2) is 24.4 Å². The number of hydrogen-bond acceptors (Lipinski definition) is 5. The average Bonchev–Trinajstić information content (AvgIpc) is 2.53. The van der Waals surface area contributed by atoms with Crippen molar-refractivity contribution in [1.82, 2.24) is 9.97 Å². The van der Waals surface area contributed by atoms with Crippen molar-refractivity contribution < 1.29 is 9.90 Å². The van der Waals surface area contributed by atoms with Crippen molar-refractivity contribution in [3.05, 3.63) is 46.8 Å². The molecule has 3 rings (SSSR count). The largest absolute Gasteiger partial charge is 0.478 e. The van der Waals surface area contributed by atoms with E-state index in [0.717, 1.165) is 35.5 Å². The molecule has 0 fully saturated rings. The fourth-order valence-corrected chi connectivity index (χ4v) is 2.98. The first-order valence-electron chi connectivity index (χ1n) is 7.30. The normalized spacial score (nSPS) is 13.8. The third kappa shape index (κ3) is 2.47. The minimum atomic E-state index is -0.882. The summed E-state index contributed by atoms with van der Waals surface area (Å²) >= 11 is 0. The van der Waals surface area contributed by atoms with Crippen LogP contribution in [0.4, 0.5) is 11.6 Å². The highest BCUT2D eigenvalue weighted by Crippen LogP contribution is 2.29. The van der Waals surface area contributed by atoms with Crippen LogP contribution < -0.4 is 10.6 Å². The van der Waals surface area contributed by atoms with Gasteiger partial charge in [-0.05, 0) is 24.1 Å². The van der Waals surface area contributed by atoms with E-state index in [9.17, 15) is 9.90 Å². The van der Waals surface area contributed by atoms with Gasteiger partial charge >= 0.3 is 5.97 Å². The first-order chi connectivity index (χ1) is 10.6. The number of fused-ring (bicyclic) bond motifs is 1. The molecule has 2 aromatic rings. The Morgan fingerprint density at radius 2 is 2.27 bits per heavy atom. The van der Waals surface area contributed by atoms with E-state index < -0.39 is 5.97 Å². The highest BCUT2D eigenvalue weighted by molar-refractivity contribution is 5.91. The molecule has 22 heavy (non-hydrogen) atoms. The first kappa shape index (κ1) is 14.3. The Kier molecular flexibility index (Phi) is 3.66. The Balaban J connectivity index is 1.98. The highest BCUT2D eigenvalue weighted by atomic mass is 16.4. The molecule has 6 nitrogen and oxygen atoms in total. The monoisotopic (exact) mass is 298 g/mol. The number of hydrogen-bond donors (Lipinski definition) is 2. The molecule has 0 spiro atoms. The molecule has 0 saturated carbocycles. The van der Waals surface area contributed by atoms with Crippen molar-refractivity contribution in [3.8, 4) is 0 Å². The molecule has 0 bridgehead atoms. The lowest BCUT2D eigenvalue weighted by atomic mass is 9.99. The number of carboxylic acid groups (broad SMARTS) is 1. The predicted octanol–water partition coefficient (Wildman–Crippen LogP) is 1.88. The molecule has 1 aliphatic heterocycles. The Labute approximate surface area is 128 Å². The average molecular weight is 298 g/mol. The second-order valence-electron chi connectivity index (χ2n) is 5.33. The zero-order chi connectivity index (χ0) is 15.7. The third-order valence-electron chi connectivity index (χ3n) is 4.03. The molecular weight excluding hydrogens is 280 g/mol.